The third-order valence-corrected chi connectivity index (χ3v) is 5.88. The van der Waals surface area contributed by atoms with Crippen molar-refractivity contribution in [3.8, 4) is 0 Å². The SMILES string of the molecule is O=C(COC(=O)[C@H]1[C@@H]2C[C@H]3[C@@H]1C(=O)O[C@@H]3C2)c1ccc(Cl)cc1Cl. The number of halogens is 2. The van der Waals surface area contributed by atoms with Crippen molar-refractivity contribution in [2.24, 2.45) is 23.7 Å². The number of benzene rings is 1. The van der Waals surface area contributed by atoms with E-state index in [-0.39, 0.29) is 34.5 Å². The van der Waals surface area contributed by atoms with Crippen molar-refractivity contribution in [2.45, 2.75) is 18.9 Å². The number of hydrogen-bond acceptors (Lipinski definition) is 5. The molecule has 1 aromatic carbocycles. The van der Waals surface area contributed by atoms with Gasteiger partial charge in [-0.3, -0.25) is 14.4 Å². The highest BCUT2D eigenvalue weighted by Gasteiger charge is 2.64. The Balaban J connectivity index is 1.42. The maximum Gasteiger partial charge on any atom is 0.310 e. The number of carbonyl (C=O) groups is 3. The Hall–Kier alpha value is -1.59. The number of esters is 2. The van der Waals surface area contributed by atoms with Crippen LogP contribution in [0.25, 0.3) is 0 Å². The van der Waals surface area contributed by atoms with E-state index in [0.717, 1.165) is 6.42 Å². The lowest BCUT2D eigenvalue weighted by Crippen LogP contribution is -2.34. The average molecular weight is 369 g/mol. The summed E-state index contributed by atoms with van der Waals surface area (Å²) in [5, 5.41) is 0.635. The Morgan fingerprint density at radius 2 is 2.04 bits per heavy atom. The van der Waals surface area contributed by atoms with Gasteiger partial charge < -0.3 is 9.47 Å². The molecule has 0 aromatic heterocycles. The molecule has 0 amide bonds. The highest BCUT2D eigenvalue weighted by molar-refractivity contribution is 6.36. The normalized spacial score (nSPS) is 32.8. The molecule has 1 heterocycles. The fourth-order valence-corrected chi connectivity index (χ4v) is 4.87. The smallest absolute Gasteiger partial charge is 0.310 e. The first kappa shape index (κ1) is 15.9. The molecule has 1 saturated heterocycles. The van der Waals surface area contributed by atoms with E-state index >= 15 is 0 Å². The van der Waals surface area contributed by atoms with Crippen LogP contribution < -0.4 is 0 Å². The van der Waals surface area contributed by atoms with Crippen molar-refractivity contribution >= 4 is 40.9 Å². The molecule has 0 spiro atoms. The van der Waals surface area contributed by atoms with Crippen LogP contribution in [0.2, 0.25) is 10.0 Å². The molecule has 7 heteroatoms. The molecule has 5 atom stereocenters. The summed E-state index contributed by atoms with van der Waals surface area (Å²) in [6.45, 7) is -0.404. The van der Waals surface area contributed by atoms with Gasteiger partial charge in [-0.15, -0.1) is 0 Å². The van der Waals surface area contributed by atoms with Crippen molar-refractivity contribution in [3.05, 3.63) is 33.8 Å². The molecule has 0 N–H and O–H groups in total. The third kappa shape index (κ3) is 2.42. The minimum Gasteiger partial charge on any atom is -0.462 e. The van der Waals surface area contributed by atoms with Crippen LogP contribution in [0, 0.1) is 23.7 Å². The number of rotatable bonds is 4. The number of ketones is 1. The van der Waals surface area contributed by atoms with Crippen molar-refractivity contribution < 1.29 is 23.9 Å². The van der Waals surface area contributed by atoms with Gasteiger partial charge in [-0.05, 0) is 37.0 Å². The maximum absolute atomic E-state index is 12.4. The quantitative estimate of drug-likeness (QED) is 0.603. The number of ether oxygens (including phenoxy) is 2. The average Bonchev–Trinajstić information content (AvgIpc) is 3.14. The predicted octanol–water partition coefficient (Wildman–Crippen LogP) is 2.92. The predicted molar refractivity (Wildman–Crippen MR) is 84.8 cm³/mol. The Kier molecular flexibility index (Phi) is 3.81. The zero-order valence-electron chi connectivity index (χ0n) is 12.5. The molecule has 126 valence electrons. The number of hydrogen-bond donors (Lipinski definition) is 0. The van der Waals surface area contributed by atoms with Gasteiger partial charge in [0.25, 0.3) is 0 Å². The van der Waals surface area contributed by atoms with Crippen LogP contribution >= 0.6 is 23.2 Å². The molecule has 3 aliphatic rings. The van der Waals surface area contributed by atoms with Gasteiger partial charge in [-0.2, -0.15) is 0 Å². The minimum atomic E-state index is -0.497. The lowest BCUT2D eigenvalue weighted by Gasteiger charge is -2.22. The molecule has 2 bridgehead atoms. The van der Waals surface area contributed by atoms with Crippen LogP contribution in [-0.4, -0.2) is 30.4 Å². The molecular formula is C17H14Cl2O5. The first-order valence-electron chi connectivity index (χ1n) is 7.81. The van der Waals surface area contributed by atoms with Crippen LogP contribution in [-0.2, 0) is 19.1 Å². The van der Waals surface area contributed by atoms with Crippen LogP contribution in [0.15, 0.2) is 18.2 Å². The van der Waals surface area contributed by atoms with Crippen LogP contribution in [0.3, 0.4) is 0 Å². The molecule has 0 radical (unpaired) electrons. The summed E-state index contributed by atoms with van der Waals surface area (Å²) >= 11 is 11.8. The first-order valence-corrected chi connectivity index (χ1v) is 8.56. The summed E-state index contributed by atoms with van der Waals surface area (Å²) in [5.41, 5.74) is 0.252. The van der Waals surface area contributed by atoms with Crippen molar-refractivity contribution in [3.63, 3.8) is 0 Å². The highest BCUT2D eigenvalue weighted by Crippen LogP contribution is 2.57. The second-order valence-corrected chi connectivity index (χ2v) is 7.42. The standard InChI is InChI=1S/C17H14Cl2O5/c18-8-1-2-9(11(19)5-8)12(20)6-23-16(21)14-7-3-10-13(4-7)24-17(22)15(10)14/h1-2,5,7,10,13-15H,3-4,6H2/t7-,10-,13-,14+,15+/m1/s1. The second kappa shape index (κ2) is 5.74. The van der Waals surface area contributed by atoms with Gasteiger partial charge in [-0.25, -0.2) is 0 Å². The molecule has 3 fully saturated rings. The summed E-state index contributed by atoms with van der Waals surface area (Å²) in [4.78, 5) is 36.5. The molecule has 1 aromatic rings. The summed E-state index contributed by atoms with van der Waals surface area (Å²) < 4.78 is 10.5. The summed E-state index contributed by atoms with van der Waals surface area (Å²) in [5.74, 6) is -1.87. The van der Waals surface area contributed by atoms with E-state index in [1.54, 1.807) is 6.07 Å². The lowest BCUT2D eigenvalue weighted by molar-refractivity contribution is -0.154. The van der Waals surface area contributed by atoms with Crippen molar-refractivity contribution in [2.75, 3.05) is 6.61 Å². The van der Waals surface area contributed by atoms with Crippen LogP contribution in [0.1, 0.15) is 23.2 Å². The summed E-state index contributed by atoms with van der Waals surface area (Å²) in [6, 6.07) is 4.51. The first-order chi connectivity index (χ1) is 11.5. The zero-order valence-corrected chi connectivity index (χ0v) is 14.0. The number of Topliss-reactive ketones (excluding diaryl/α,β-unsaturated/α-hetero) is 1. The van der Waals surface area contributed by atoms with Gasteiger partial charge in [0.05, 0.1) is 16.9 Å². The van der Waals surface area contributed by atoms with Gasteiger partial charge in [-0.1, -0.05) is 23.2 Å². The Labute approximate surface area is 148 Å². The highest BCUT2D eigenvalue weighted by atomic mass is 35.5. The largest absolute Gasteiger partial charge is 0.462 e. The van der Waals surface area contributed by atoms with Gasteiger partial charge in [0.2, 0.25) is 5.78 Å². The molecule has 0 unspecified atom stereocenters. The van der Waals surface area contributed by atoms with Gasteiger partial charge in [0.15, 0.2) is 6.61 Å². The molecule has 2 aliphatic carbocycles. The fourth-order valence-electron chi connectivity index (χ4n) is 4.35. The van der Waals surface area contributed by atoms with Crippen molar-refractivity contribution in [1.82, 2.24) is 0 Å². The number of carbonyl (C=O) groups excluding carboxylic acids is 3. The van der Waals surface area contributed by atoms with Crippen molar-refractivity contribution in [1.29, 1.82) is 0 Å². The molecule has 4 rings (SSSR count). The molecule has 24 heavy (non-hydrogen) atoms. The Bertz CT molecular complexity index is 744. The molecular weight excluding hydrogens is 355 g/mol. The van der Waals surface area contributed by atoms with Gasteiger partial charge >= 0.3 is 11.9 Å². The summed E-state index contributed by atoms with van der Waals surface area (Å²) in [7, 11) is 0. The van der Waals surface area contributed by atoms with E-state index in [1.165, 1.54) is 12.1 Å². The summed E-state index contributed by atoms with van der Waals surface area (Å²) in [6.07, 6.45) is 1.49. The molecule has 1 aliphatic heterocycles. The molecule has 5 nitrogen and oxygen atoms in total. The number of fused-ring (bicyclic) bond motifs is 1. The monoisotopic (exact) mass is 368 g/mol. The van der Waals surface area contributed by atoms with Crippen LogP contribution in [0.4, 0.5) is 0 Å². The Morgan fingerprint density at radius 1 is 1.25 bits per heavy atom. The van der Waals surface area contributed by atoms with E-state index in [9.17, 15) is 14.4 Å². The van der Waals surface area contributed by atoms with Gasteiger partial charge in [0, 0.05) is 16.5 Å². The zero-order chi connectivity index (χ0) is 17.0. The third-order valence-electron chi connectivity index (χ3n) is 5.33. The van der Waals surface area contributed by atoms with E-state index in [4.69, 9.17) is 32.7 Å². The Morgan fingerprint density at radius 3 is 2.79 bits per heavy atom. The topological polar surface area (TPSA) is 69.7 Å². The van der Waals surface area contributed by atoms with E-state index < -0.39 is 30.2 Å². The van der Waals surface area contributed by atoms with Gasteiger partial charge in [0.1, 0.15) is 6.10 Å². The van der Waals surface area contributed by atoms with E-state index in [1.807, 2.05) is 0 Å². The fraction of sp³-hybridized carbons (Fsp3) is 0.471. The van der Waals surface area contributed by atoms with Crippen LogP contribution in [0.5, 0.6) is 0 Å². The van der Waals surface area contributed by atoms with E-state index in [0.29, 0.717) is 11.4 Å². The molecule has 2 saturated carbocycles. The van der Waals surface area contributed by atoms with E-state index in [2.05, 4.69) is 0 Å². The lowest BCUT2D eigenvalue weighted by atomic mass is 9.80. The minimum absolute atomic E-state index is 0.0361. The second-order valence-electron chi connectivity index (χ2n) is 6.58. The maximum atomic E-state index is 12.4.